The number of nitrogens with one attached hydrogen (secondary N) is 2. The quantitative estimate of drug-likeness (QED) is 0.542. The van der Waals surface area contributed by atoms with E-state index in [1.165, 1.54) is 18.2 Å². The van der Waals surface area contributed by atoms with Crippen molar-refractivity contribution in [1.29, 1.82) is 0 Å². The van der Waals surface area contributed by atoms with Gasteiger partial charge in [-0.25, -0.2) is 8.42 Å². The van der Waals surface area contributed by atoms with Crippen LogP contribution in [0.5, 0.6) is 5.75 Å². The number of amides is 1. The van der Waals surface area contributed by atoms with Gasteiger partial charge in [-0.1, -0.05) is 18.2 Å². The van der Waals surface area contributed by atoms with Crippen LogP contribution >= 0.6 is 0 Å². The summed E-state index contributed by atoms with van der Waals surface area (Å²) < 4.78 is 69.6. The molecule has 0 saturated carbocycles. The van der Waals surface area contributed by atoms with Gasteiger partial charge in [0.25, 0.3) is 10.0 Å². The standard InChI is InChI=1S/C20H20F3N3O5S/c21-20(22,23)13-4-3-5-15(10-13)31-12-14(27)11-25-18(28)8-9-24-19-16-6-1-2-7-17(16)32(29,30)26-19/h1-7,10,14,27H,8-9,11-12H2,(H,24,26)(H,25,28). The van der Waals surface area contributed by atoms with Gasteiger partial charge in [-0.15, -0.1) is 0 Å². The summed E-state index contributed by atoms with van der Waals surface area (Å²) in [6, 6.07) is 10.6. The number of nitrogens with zero attached hydrogens (tertiary/aromatic N) is 1. The average molecular weight is 471 g/mol. The minimum absolute atomic E-state index is 0.00878. The largest absolute Gasteiger partial charge is 0.491 e. The lowest BCUT2D eigenvalue weighted by Gasteiger charge is -2.14. The monoisotopic (exact) mass is 471 g/mol. The minimum Gasteiger partial charge on any atom is -0.491 e. The molecule has 2 aromatic carbocycles. The maximum Gasteiger partial charge on any atom is 0.416 e. The Hall–Kier alpha value is -3.12. The second-order valence-corrected chi connectivity index (χ2v) is 8.53. The first-order valence-electron chi connectivity index (χ1n) is 9.48. The van der Waals surface area contributed by atoms with E-state index in [4.69, 9.17) is 4.74 Å². The number of amidine groups is 1. The van der Waals surface area contributed by atoms with E-state index in [0.29, 0.717) is 5.56 Å². The van der Waals surface area contributed by atoms with E-state index in [2.05, 4.69) is 15.0 Å². The molecule has 1 atom stereocenters. The summed E-state index contributed by atoms with van der Waals surface area (Å²) in [6.45, 7) is -0.485. The molecule has 12 heteroatoms. The zero-order valence-corrected chi connectivity index (χ0v) is 17.4. The number of carbonyl (C=O) groups excluding carboxylic acids is 1. The predicted octanol–water partition coefficient (Wildman–Crippen LogP) is 1.69. The second-order valence-electron chi connectivity index (χ2n) is 6.88. The summed E-state index contributed by atoms with van der Waals surface area (Å²) in [5.41, 5.74) is -0.443. The van der Waals surface area contributed by atoms with Crippen molar-refractivity contribution in [2.75, 3.05) is 19.7 Å². The molecule has 8 nitrogen and oxygen atoms in total. The Morgan fingerprint density at radius 2 is 1.94 bits per heavy atom. The number of aliphatic hydroxyl groups excluding tert-OH is 1. The van der Waals surface area contributed by atoms with Crippen molar-refractivity contribution in [1.82, 2.24) is 10.0 Å². The van der Waals surface area contributed by atoms with Crippen LogP contribution in [-0.2, 0) is 21.0 Å². The van der Waals surface area contributed by atoms with Gasteiger partial charge in [-0.3, -0.25) is 14.5 Å². The van der Waals surface area contributed by atoms with Gasteiger partial charge >= 0.3 is 6.18 Å². The van der Waals surface area contributed by atoms with Crippen LogP contribution in [0.2, 0.25) is 0 Å². The molecule has 32 heavy (non-hydrogen) atoms. The molecular formula is C20H20F3N3O5S. The minimum atomic E-state index is -4.50. The lowest BCUT2D eigenvalue weighted by molar-refractivity contribution is -0.137. The number of benzene rings is 2. The van der Waals surface area contributed by atoms with Gasteiger partial charge in [0, 0.05) is 18.5 Å². The number of fused-ring (bicyclic) bond motifs is 1. The normalized spacial score (nSPS) is 16.8. The van der Waals surface area contributed by atoms with Crippen LogP contribution in [-0.4, -0.2) is 51.1 Å². The van der Waals surface area contributed by atoms with Gasteiger partial charge < -0.3 is 15.2 Å². The molecular weight excluding hydrogens is 451 g/mol. The molecule has 0 aromatic heterocycles. The van der Waals surface area contributed by atoms with Gasteiger partial charge in [-0.05, 0) is 30.3 Å². The third kappa shape index (κ3) is 5.98. The molecule has 0 fully saturated rings. The predicted molar refractivity (Wildman–Crippen MR) is 109 cm³/mol. The summed E-state index contributed by atoms with van der Waals surface area (Å²) in [5.74, 6) is -0.343. The summed E-state index contributed by atoms with van der Waals surface area (Å²) in [5, 5.41) is 12.3. The number of hydrogen-bond donors (Lipinski definition) is 3. The fourth-order valence-corrected chi connectivity index (χ4v) is 4.11. The first kappa shape index (κ1) is 23.5. The van der Waals surface area contributed by atoms with Crippen molar-refractivity contribution in [3.05, 3.63) is 59.7 Å². The maximum atomic E-state index is 12.7. The Labute approximate surface area is 182 Å². The van der Waals surface area contributed by atoms with E-state index in [1.54, 1.807) is 18.2 Å². The molecule has 2 aromatic rings. The molecule has 0 bridgehead atoms. The number of sulfonamides is 1. The van der Waals surface area contributed by atoms with Gasteiger partial charge in [-0.2, -0.15) is 13.2 Å². The summed E-state index contributed by atoms with van der Waals surface area (Å²) in [7, 11) is -3.66. The van der Waals surface area contributed by atoms with Crippen molar-refractivity contribution >= 4 is 21.8 Å². The van der Waals surface area contributed by atoms with Crippen molar-refractivity contribution in [2.45, 2.75) is 23.6 Å². The van der Waals surface area contributed by atoms with E-state index in [9.17, 15) is 31.5 Å². The third-order valence-corrected chi connectivity index (χ3v) is 5.81. The van der Waals surface area contributed by atoms with Crippen LogP contribution in [0.3, 0.4) is 0 Å². The second kappa shape index (κ2) is 9.57. The van der Waals surface area contributed by atoms with E-state index >= 15 is 0 Å². The highest BCUT2D eigenvalue weighted by Gasteiger charge is 2.31. The fourth-order valence-electron chi connectivity index (χ4n) is 2.85. The number of alkyl halides is 3. The number of hydrogen-bond acceptors (Lipinski definition) is 6. The van der Waals surface area contributed by atoms with Crippen molar-refractivity contribution < 1.29 is 36.2 Å². The van der Waals surface area contributed by atoms with Crippen LogP contribution < -0.4 is 14.8 Å². The van der Waals surface area contributed by atoms with Crippen LogP contribution in [0.25, 0.3) is 0 Å². The van der Waals surface area contributed by atoms with Gasteiger partial charge in [0.2, 0.25) is 5.91 Å². The Morgan fingerprint density at radius 1 is 1.19 bits per heavy atom. The Balaban J connectivity index is 1.42. The molecule has 0 spiro atoms. The number of aliphatic hydroxyl groups is 1. The molecule has 1 heterocycles. The van der Waals surface area contributed by atoms with Crippen molar-refractivity contribution in [3.63, 3.8) is 0 Å². The van der Waals surface area contributed by atoms with Gasteiger partial charge in [0.05, 0.1) is 17.0 Å². The number of rotatable bonds is 8. The van der Waals surface area contributed by atoms with E-state index < -0.39 is 33.8 Å². The molecule has 1 amide bonds. The van der Waals surface area contributed by atoms with Crippen LogP contribution in [0.15, 0.2) is 58.4 Å². The van der Waals surface area contributed by atoms with Crippen molar-refractivity contribution in [2.24, 2.45) is 4.99 Å². The zero-order chi connectivity index (χ0) is 23.4. The maximum absolute atomic E-state index is 12.7. The first-order chi connectivity index (χ1) is 15.1. The van der Waals surface area contributed by atoms with E-state index in [-0.39, 0.29) is 42.6 Å². The molecule has 3 rings (SSSR count). The summed E-state index contributed by atoms with van der Waals surface area (Å²) in [6.07, 6.45) is -5.71. The number of ether oxygens (including phenoxy) is 1. The van der Waals surface area contributed by atoms with Crippen LogP contribution in [0.4, 0.5) is 13.2 Å². The highest BCUT2D eigenvalue weighted by Crippen LogP contribution is 2.31. The lowest BCUT2D eigenvalue weighted by Crippen LogP contribution is -2.35. The van der Waals surface area contributed by atoms with Crippen molar-refractivity contribution in [3.8, 4) is 5.75 Å². The lowest BCUT2D eigenvalue weighted by atomic mass is 10.2. The summed E-state index contributed by atoms with van der Waals surface area (Å²) in [4.78, 5) is 16.2. The topological polar surface area (TPSA) is 117 Å². The highest BCUT2D eigenvalue weighted by molar-refractivity contribution is 7.90. The van der Waals surface area contributed by atoms with Gasteiger partial charge in [0.1, 0.15) is 24.3 Å². The van der Waals surface area contributed by atoms with Crippen LogP contribution in [0, 0.1) is 0 Å². The molecule has 172 valence electrons. The number of aliphatic imine (C=N–C) groups is 1. The molecule has 1 aliphatic heterocycles. The molecule has 3 N–H and O–H groups in total. The highest BCUT2D eigenvalue weighted by atomic mass is 32.2. The number of carbonyl (C=O) groups is 1. The van der Waals surface area contributed by atoms with E-state index in [1.807, 2.05) is 0 Å². The molecule has 1 unspecified atom stereocenters. The first-order valence-corrected chi connectivity index (χ1v) is 11.0. The van der Waals surface area contributed by atoms with Gasteiger partial charge in [0.15, 0.2) is 0 Å². The van der Waals surface area contributed by atoms with E-state index in [0.717, 1.165) is 12.1 Å². The summed E-state index contributed by atoms with van der Waals surface area (Å²) >= 11 is 0. The fraction of sp³-hybridized carbons (Fsp3) is 0.300. The average Bonchev–Trinajstić information content (AvgIpc) is 3.01. The third-order valence-electron chi connectivity index (χ3n) is 4.41. The zero-order valence-electron chi connectivity index (χ0n) is 16.6. The SMILES string of the molecule is O=C(CCN=C1NS(=O)(=O)c2ccccc21)NCC(O)COc1cccc(C(F)(F)F)c1. The molecule has 0 aliphatic carbocycles. The Bertz CT molecular complexity index is 1120. The molecule has 1 aliphatic rings. The number of halogens is 3. The Morgan fingerprint density at radius 3 is 2.69 bits per heavy atom. The molecule has 0 saturated heterocycles. The molecule has 0 radical (unpaired) electrons. The smallest absolute Gasteiger partial charge is 0.416 e. The Kier molecular flexibility index (Phi) is 7.04. The van der Waals surface area contributed by atoms with Crippen LogP contribution in [0.1, 0.15) is 17.5 Å².